The molecule has 7 nitrogen and oxygen atoms in total. The number of benzene rings is 13. The van der Waals surface area contributed by atoms with Crippen molar-refractivity contribution in [2.24, 2.45) is 0 Å². The van der Waals surface area contributed by atoms with E-state index in [4.69, 9.17) is 8.83 Å². The second-order valence-electron chi connectivity index (χ2n) is 23.4. The molecule has 0 unspecified atom stereocenters. The van der Waals surface area contributed by atoms with E-state index in [0.717, 1.165) is 112 Å². The van der Waals surface area contributed by atoms with Gasteiger partial charge in [0.05, 0.1) is 56.0 Å². The van der Waals surface area contributed by atoms with Crippen LogP contribution >= 0.6 is 0 Å². The number of fused-ring (bicyclic) bond motifs is 22. The Balaban J connectivity index is 1.02. The average Bonchev–Trinajstić information content (AvgIpc) is 1.47. The number of para-hydroxylation sites is 7. The van der Waals surface area contributed by atoms with Gasteiger partial charge >= 0.3 is 0 Å². The zero-order chi connectivity index (χ0) is 58.5. The summed E-state index contributed by atoms with van der Waals surface area (Å²) in [5.41, 5.74) is 21.2. The second kappa shape index (κ2) is 18.7. The third kappa shape index (κ3) is 6.59. The summed E-state index contributed by atoms with van der Waals surface area (Å²) in [6.45, 7) is 4.39. The molecular formula is C81H51N5O2. The maximum absolute atomic E-state index is 10.5. The van der Waals surface area contributed by atoms with Crippen LogP contribution in [-0.4, -0.2) is 4.57 Å². The van der Waals surface area contributed by atoms with Crippen molar-refractivity contribution >= 4 is 121 Å². The van der Waals surface area contributed by atoms with Gasteiger partial charge in [0.15, 0.2) is 22.3 Å². The Labute approximate surface area is 506 Å². The minimum absolute atomic E-state index is 0.495. The van der Waals surface area contributed by atoms with Crippen LogP contribution in [-0.2, 0) is 18.3 Å². The van der Waals surface area contributed by atoms with Crippen molar-refractivity contribution in [2.45, 2.75) is 32.1 Å². The van der Waals surface area contributed by atoms with Crippen LogP contribution < -0.4 is 9.80 Å². The Kier molecular flexibility index (Phi) is 10.6. The van der Waals surface area contributed by atoms with Crippen LogP contribution in [0, 0.1) is 22.7 Å². The Morgan fingerprint density at radius 2 is 0.773 bits per heavy atom. The molecule has 1 spiro atoms. The molecule has 0 amide bonds. The molecule has 0 bridgehead atoms. The summed E-state index contributed by atoms with van der Waals surface area (Å²) in [7, 11) is 0. The van der Waals surface area contributed by atoms with E-state index in [1.807, 2.05) is 24.3 Å². The molecule has 0 atom stereocenters. The summed E-state index contributed by atoms with van der Waals surface area (Å²) in [5, 5.41) is 31.4. The Morgan fingerprint density at radius 1 is 0.364 bits per heavy atom. The number of nitriles is 2. The third-order valence-corrected chi connectivity index (χ3v) is 19.2. The Hall–Kier alpha value is -11.6. The van der Waals surface area contributed by atoms with Crippen molar-refractivity contribution in [3.8, 4) is 29.0 Å². The first-order valence-corrected chi connectivity index (χ1v) is 30.2. The van der Waals surface area contributed by atoms with Crippen molar-refractivity contribution in [2.75, 3.05) is 9.80 Å². The first kappa shape index (κ1) is 49.8. The molecule has 0 N–H and O–H groups in total. The van der Waals surface area contributed by atoms with Gasteiger partial charge in [0.1, 0.15) is 12.1 Å². The fourth-order valence-electron chi connectivity index (χ4n) is 15.4. The molecule has 0 saturated heterocycles. The van der Waals surface area contributed by atoms with E-state index in [9.17, 15) is 10.5 Å². The number of hydrogen-bond donors (Lipinski definition) is 0. The highest BCUT2D eigenvalue weighted by atomic mass is 16.3. The molecule has 0 saturated carbocycles. The van der Waals surface area contributed by atoms with E-state index in [1.54, 1.807) is 0 Å². The summed E-state index contributed by atoms with van der Waals surface area (Å²) in [4.78, 5) is 4.80. The molecule has 412 valence electrons. The van der Waals surface area contributed by atoms with Gasteiger partial charge in [0.25, 0.3) is 0 Å². The molecule has 0 fully saturated rings. The lowest BCUT2D eigenvalue weighted by molar-refractivity contribution is 0.667. The Bertz CT molecular complexity index is 5500. The van der Waals surface area contributed by atoms with Gasteiger partial charge in [-0.05, 0) is 141 Å². The molecule has 1 aliphatic heterocycles. The average molecular weight is 1130 g/mol. The predicted molar refractivity (Wildman–Crippen MR) is 359 cm³/mol. The first-order valence-electron chi connectivity index (χ1n) is 30.2. The van der Waals surface area contributed by atoms with Gasteiger partial charge in [-0.2, -0.15) is 10.5 Å². The molecule has 16 aromatic rings. The van der Waals surface area contributed by atoms with Crippen molar-refractivity contribution in [3.05, 3.63) is 293 Å². The number of nitrogens with zero attached hydrogens (tertiary/aromatic N) is 5. The van der Waals surface area contributed by atoms with Gasteiger partial charge in [-0.1, -0.05) is 190 Å². The van der Waals surface area contributed by atoms with Crippen LogP contribution in [0.5, 0.6) is 0 Å². The summed E-state index contributed by atoms with van der Waals surface area (Å²) < 4.78 is 16.6. The van der Waals surface area contributed by atoms with Crippen molar-refractivity contribution < 1.29 is 8.83 Å². The van der Waals surface area contributed by atoms with Gasteiger partial charge in [0, 0.05) is 54.5 Å². The molecule has 18 rings (SSSR count). The van der Waals surface area contributed by atoms with Crippen molar-refractivity contribution in [1.82, 2.24) is 4.57 Å². The standard InChI is InChI=1S/C81H51N5O2/c1-3-48-36-40-52(41-37-48)84(70-34-16-28-62-60-26-13-18-50(46-82)77(60)87-79(62)70)72-44-66-74(57-23-7-5-20-54(57)72)75-58-24-8-6-21-55(58)73(85(53-42-38-49(4-2)39-43-53)71-35-17-29-63-61-27-14-19-51(47-83)78(61)88-80(63)71)45-67(75)81(66)64-30-10-12-33-69(64)86-68-32-11-9-22-56(68)59-25-15-31-65(81)76(59)86/h5-45H,3-4H2,1-2H3. The highest BCUT2D eigenvalue weighted by Gasteiger charge is 2.53. The largest absolute Gasteiger partial charge is 0.452 e. The quantitative estimate of drug-likeness (QED) is 0.151. The fourth-order valence-corrected chi connectivity index (χ4v) is 15.4. The van der Waals surface area contributed by atoms with E-state index in [1.165, 1.54) is 49.7 Å². The van der Waals surface area contributed by atoms with Crippen LogP contribution in [0.2, 0.25) is 0 Å². The van der Waals surface area contributed by atoms with E-state index in [0.29, 0.717) is 33.5 Å². The number of aromatic nitrogens is 1. The fraction of sp³-hybridized carbons (Fsp3) is 0.0617. The zero-order valence-corrected chi connectivity index (χ0v) is 48.1. The van der Waals surface area contributed by atoms with Gasteiger partial charge in [-0.15, -0.1) is 0 Å². The van der Waals surface area contributed by atoms with Gasteiger partial charge in [-0.25, -0.2) is 0 Å². The molecule has 88 heavy (non-hydrogen) atoms. The predicted octanol–water partition coefficient (Wildman–Crippen LogP) is 21.4. The highest BCUT2D eigenvalue weighted by molar-refractivity contribution is 6.22. The number of aryl methyl sites for hydroxylation is 2. The lowest BCUT2D eigenvalue weighted by Gasteiger charge is -2.40. The molecule has 0 radical (unpaired) electrons. The second-order valence-corrected chi connectivity index (χ2v) is 23.4. The van der Waals surface area contributed by atoms with Gasteiger partial charge < -0.3 is 23.2 Å². The summed E-state index contributed by atoms with van der Waals surface area (Å²) >= 11 is 0. The molecule has 1 aliphatic carbocycles. The number of furan rings is 2. The number of anilines is 6. The van der Waals surface area contributed by atoms with Crippen molar-refractivity contribution in [1.29, 1.82) is 10.5 Å². The van der Waals surface area contributed by atoms with E-state index < -0.39 is 5.41 Å². The third-order valence-electron chi connectivity index (χ3n) is 19.2. The summed E-state index contributed by atoms with van der Waals surface area (Å²) in [6.07, 6.45) is 1.79. The molecule has 7 heteroatoms. The van der Waals surface area contributed by atoms with E-state index in [2.05, 4.69) is 265 Å². The van der Waals surface area contributed by atoms with Crippen LogP contribution in [0.4, 0.5) is 34.1 Å². The molecule has 3 aromatic heterocycles. The Morgan fingerprint density at radius 3 is 1.28 bits per heavy atom. The lowest BCUT2D eigenvalue weighted by atomic mass is 9.65. The molecule has 2 aliphatic rings. The minimum Gasteiger partial charge on any atom is -0.452 e. The van der Waals surface area contributed by atoms with Crippen LogP contribution in [0.3, 0.4) is 0 Å². The van der Waals surface area contributed by atoms with Crippen LogP contribution in [0.25, 0.3) is 104 Å². The van der Waals surface area contributed by atoms with Crippen LogP contribution in [0.15, 0.2) is 258 Å². The number of rotatable bonds is 8. The smallest absolute Gasteiger partial charge is 0.159 e. The van der Waals surface area contributed by atoms with E-state index >= 15 is 0 Å². The topological polar surface area (TPSA) is 85.3 Å². The van der Waals surface area contributed by atoms with Gasteiger partial charge in [-0.3, -0.25) is 0 Å². The highest BCUT2D eigenvalue weighted by Crippen LogP contribution is 2.66. The monoisotopic (exact) mass is 1130 g/mol. The SMILES string of the molecule is CCc1ccc(N(c2cc3c(c4ccccc24)-c2c(cc(N(c4ccc(CC)cc4)c4cccc5c4oc4c(C#N)cccc45)c4ccccc24)C32c3ccccc3-n3c4ccccc4c4cccc2c43)c2cccc3c2oc2c(C#N)cccc23)cc1. The molecule has 13 aromatic carbocycles. The molecular weight excluding hydrogens is 1070 g/mol. The lowest BCUT2D eigenvalue weighted by Crippen LogP contribution is -2.34. The van der Waals surface area contributed by atoms with E-state index in [-0.39, 0.29) is 0 Å². The van der Waals surface area contributed by atoms with Crippen molar-refractivity contribution in [3.63, 3.8) is 0 Å². The maximum Gasteiger partial charge on any atom is 0.159 e. The minimum atomic E-state index is -0.946. The van der Waals surface area contributed by atoms with Gasteiger partial charge in [0.2, 0.25) is 0 Å². The summed E-state index contributed by atoms with van der Waals surface area (Å²) in [6, 6.07) is 95.1. The normalized spacial score (nSPS) is 12.8. The maximum atomic E-state index is 10.5. The first-order chi connectivity index (χ1) is 43.5. The number of hydrogen-bond acceptors (Lipinski definition) is 6. The molecule has 4 heterocycles. The van der Waals surface area contributed by atoms with Crippen LogP contribution in [0.1, 0.15) is 58.4 Å². The zero-order valence-electron chi connectivity index (χ0n) is 48.1. The summed E-state index contributed by atoms with van der Waals surface area (Å²) in [5.74, 6) is 0.